The van der Waals surface area contributed by atoms with Crippen LogP contribution in [0.2, 0.25) is 0 Å². The maximum atomic E-state index is 11.1. The number of carbonyl (C=O) groups is 1. The quantitative estimate of drug-likeness (QED) is 0.563. The predicted molar refractivity (Wildman–Crippen MR) is 61.6 cm³/mol. The van der Waals surface area contributed by atoms with Crippen molar-refractivity contribution < 1.29 is 9.53 Å². The van der Waals surface area contributed by atoms with Crippen LogP contribution < -0.4 is 11.1 Å². The Hall–Kier alpha value is -0.610. The summed E-state index contributed by atoms with van der Waals surface area (Å²) in [7, 11) is 0. The first kappa shape index (κ1) is 14.4. The Kier molecular flexibility index (Phi) is 9.52. The van der Waals surface area contributed by atoms with Gasteiger partial charge in [-0.05, 0) is 25.3 Å². The molecule has 0 rings (SSSR count). The van der Waals surface area contributed by atoms with E-state index in [0.29, 0.717) is 32.0 Å². The van der Waals surface area contributed by atoms with Crippen LogP contribution in [0.1, 0.15) is 33.1 Å². The minimum absolute atomic E-state index is 0.0629. The second-order valence-electron chi connectivity index (χ2n) is 4.04. The average Bonchev–Trinajstić information content (AvgIpc) is 2.19. The molecule has 0 heterocycles. The molecule has 4 heteroatoms. The number of rotatable bonds is 9. The fraction of sp³-hybridized carbons (Fsp3) is 0.909. The minimum atomic E-state index is 0.0629. The van der Waals surface area contributed by atoms with Crippen LogP contribution in [0.15, 0.2) is 0 Å². The summed E-state index contributed by atoms with van der Waals surface area (Å²) >= 11 is 0. The summed E-state index contributed by atoms with van der Waals surface area (Å²) in [6.45, 7) is 6.87. The van der Waals surface area contributed by atoms with E-state index in [1.165, 1.54) is 0 Å². The molecule has 3 N–H and O–H groups in total. The van der Waals surface area contributed by atoms with Crippen molar-refractivity contribution in [3.05, 3.63) is 0 Å². The number of nitrogens with two attached hydrogens (primary N) is 1. The summed E-state index contributed by atoms with van der Waals surface area (Å²) < 4.78 is 5.36. The summed E-state index contributed by atoms with van der Waals surface area (Å²) in [4.78, 5) is 11.1. The third-order valence-electron chi connectivity index (χ3n) is 2.02. The standard InChI is InChI=1S/C11H24N2O2/c1-10(2)5-8-15-9-7-13-11(14)4-3-6-12/h10H,3-9,12H2,1-2H3,(H,13,14). The third-order valence-corrected chi connectivity index (χ3v) is 2.02. The van der Waals surface area contributed by atoms with Crippen molar-refractivity contribution in [1.82, 2.24) is 5.32 Å². The first-order valence-electron chi connectivity index (χ1n) is 5.71. The molecule has 0 aliphatic rings. The molecule has 0 radical (unpaired) electrons. The van der Waals surface area contributed by atoms with Gasteiger partial charge in [-0.2, -0.15) is 0 Å². The van der Waals surface area contributed by atoms with E-state index in [1.807, 2.05) is 0 Å². The molecule has 0 atom stereocenters. The lowest BCUT2D eigenvalue weighted by Crippen LogP contribution is -2.27. The molecule has 0 unspecified atom stereocenters. The summed E-state index contributed by atoms with van der Waals surface area (Å²) in [6.07, 6.45) is 2.34. The van der Waals surface area contributed by atoms with E-state index in [2.05, 4.69) is 19.2 Å². The van der Waals surface area contributed by atoms with Gasteiger partial charge in [-0.15, -0.1) is 0 Å². The second-order valence-corrected chi connectivity index (χ2v) is 4.04. The van der Waals surface area contributed by atoms with Crippen molar-refractivity contribution in [1.29, 1.82) is 0 Å². The zero-order valence-corrected chi connectivity index (χ0v) is 9.92. The summed E-state index contributed by atoms with van der Waals surface area (Å²) in [5.74, 6) is 0.733. The molecule has 15 heavy (non-hydrogen) atoms. The highest BCUT2D eigenvalue weighted by molar-refractivity contribution is 5.75. The highest BCUT2D eigenvalue weighted by atomic mass is 16.5. The minimum Gasteiger partial charge on any atom is -0.380 e. The SMILES string of the molecule is CC(C)CCOCCNC(=O)CCCN. The lowest BCUT2D eigenvalue weighted by molar-refractivity contribution is -0.121. The Morgan fingerprint density at radius 2 is 2.13 bits per heavy atom. The zero-order chi connectivity index (χ0) is 11.5. The summed E-state index contributed by atoms with van der Waals surface area (Å²) in [5.41, 5.74) is 5.29. The predicted octanol–water partition coefficient (Wildman–Crippen LogP) is 0.904. The third kappa shape index (κ3) is 11.3. The Morgan fingerprint density at radius 3 is 2.73 bits per heavy atom. The molecule has 90 valence electrons. The van der Waals surface area contributed by atoms with Gasteiger partial charge in [0.25, 0.3) is 0 Å². The number of nitrogens with one attached hydrogen (secondary N) is 1. The highest BCUT2D eigenvalue weighted by Crippen LogP contribution is 1.98. The van der Waals surface area contributed by atoms with Gasteiger partial charge in [0.2, 0.25) is 5.91 Å². The van der Waals surface area contributed by atoms with E-state index < -0.39 is 0 Å². The number of carbonyl (C=O) groups excluding carboxylic acids is 1. The van der Waals surface area contributed by atoms with E-state index >= 15 is 0 Å². The fourth-order valence-corrected chi connectivity index (χ4v) is 1.03. The molecule has 0 aliphatic heterocycles. The topological polar surface area (TPSA) is 64.3 Å². The van der Waals surface area contributed by atoms with Crippen molar-refractivity contribution >= 4 is 5.91 Å². The molecule has 0 aromatic rings. The van der Waals surface area contributed by atoms with Gasteiger partial charge in [0.15, 0.2) is 0 Å². The molecule has 0 spiro atoms. The van der Waals surface area contributed by atoms with Crippen LogP contribution in [0.25, 0.3) is 0 Å². The van der Waals surface area contributed by atoms with E-state index in [1.54, 1.807) is 0 Å². The van der Waals surface area contributed by atoms with Gasteiger partial charge in [-0.25, -0.2) is 0 Å². The monoisotopic (exact) mass is 216 g/mol. The lowest BCUT2D eigenvalue weighted by atomic mass is 10.1. The van der Waals surface area contributed by atoms with Crippen LogP contribution in [0.5, 0.6) is 0 Å². The van der Waals surface area contributed by atoms with Gasteiger partial charge in [-0.3, -0.25) is 4.79 Å². The summed E-state index contributed by atoms with van der Waals surface area (Å²) in [5, 5.41) is 2.79. The van der Waals surface area contributed by atoms with Gasteiger partial charge >= 0.3 is 0 Å². The normalized spacial score (nSPS) is 10.7. The summed E-state index contributed by atoms with van der Waals surface area (Å²) in [6, 6.07) is 0. The molecule has 1 amide bonds. The van der Waals surface area contributed by atoms with Gasteiger partial charge in [-0.1, -0.05) is 13.8 Å². The highest BCUT2D eigenvalue weighted by Gasteiger charge is 1.99. The first-order chi connectivity index (χ1) is 7.16. The molecule has 0 saturated heterocycles. The van der Waals surface area contributed by atoms with E-state index in [4.69, 9.17) is 10.5 Å². The Bertz CT molecular complexity index is 161. The van der Waals surface area contributed by atoms with E-state index in [0.717, 1.165) is 19.4 Å². The van der Waals surface area contributed by atoms with Crippen LogP contribution >= 0.6 is 0 Å². The van der Waals surface area contributed by atoms with Crippen LogP contribution in [-0.2, 0) is 9.53 Å². The van der Waals surface area contributed by atoms with E-state index in [9.17, 15) is 4.79 Å². The Morgan fingerprint density at radius 1 is 1.40 bits per heavy atom. The zero-order valence-electron chi connectivity index (χ0n) is 9.92. The first-order valence-corrected chi connectivity index (χ1v) is 5.71. The van der Waals surface area contributed by atoms with Gasteiger partial charge in [0.1, 0.15) is 0 Å². The van der Waals surface area contributed by atoms with Gasteiger partial charge in [0, 0.05) is 19.6 Å². The lowest BCUT2D eigenvalue weighted by Gasteiger charge is -2.07. The molecule has 0 fully saturated rings. The number of ether oxygens (including phenoxy) is 1. The molecule has 0 aromatic carbocycles. The fourth-order valence-electron chi connectivity index (χ4n) is 1.03. The van der Waals surface area contributed by atoms with Gasteiger partial charge in [0.05, 0.1) is 6.61 Å². The van der Waals surface area contributed by atoms with Crippen molar-refractivity contribution in [2.45, 2.75) is 33.1 Å². The van der Waals surface area contributed by atoms with Crippen LogP contribution in [0.4, 0.5) is 0 Å². The Labute approximate surface area is 92.6 Å². The molecular formula is C11H24N2O2. The van der Waals surface area contributed by atoms with Crippen molar-refractivity contribution in [2.24, 2.45) is 11.7 Å². The number of hydrogen-bond donors (Lipinski definition) is 2. The average molecular weight is 216 g/mol. The second kappa shape index (κ2) is 9.93. The van der Waals surface area contributed by atoms with Crippen LogP contribution in [-0.4, -0.2) is 32.2 Å². The van der Waals surface area contributed by atoms with E-state index in [-0.39, 0.29) is 5.91 Å². The molecule has 0 aromatic heterocycles. The molecule has 4 nitrogen and oxygen atoms in total. The molecule has 0 saturated carbocycles. The number of hydrogen-bond acceptors (Lipinski definition) is 3. The smallest absolute Gasteiger partial charge is 0.220 e. The molecule has 0 bridgehead atoms. The Balaban J connectivity index is 3.13. The molecular weight excluding hydrogens is 192 g/mol. The van der Waals surface area contributed by atoms with Crippen molar-refractivity contribution in [2.75, 3.05) is 26.3 Å². The maximum absolute atomic E-state index is 11.1. The number of amides is 1. The van der Waals surface area contributed by atoms with Crippen molar-refractivity contribution in [3.63, 3.8) is 0 Å². The van der Waals surface area contributed by atoms with Crippen LogP contribution in [0, 0.1) is 5.92 Å². The maximum Gasteiger partial charge on any atom is 0.220 e. The molecule has 0 aliphatic carbocycles. The van der Waals surface area contributed by atoms with Crippen LogP contribution in [0.3, 0.4) is 0 Å². The largest absolute Gasteiger partial charge is 0.380 e. The van der Waals surface area contributed by atoms with Gasteiger partial charge < -0.3 is 15.8 Å². The van der Waals surface area contributed by atoms with Crippen molar-refractivity contribution in [3.8, 4) is 0 Å².